The number of amides is 1. The summed E-state index contributed by atoms with van der Waals surface area (Å²) in [5.41, 5.74) is 2.13. The van der Waals surface area contributed by atoms with Crippen molar-refractivity contribution in [3.05, 3.63) is 64.6 Å². The van der Waals surface area contributed by atoms with E-state index in [1.54, 1.807) is 30.1 Å². The summed E-state index contributed by atoms with van der Waals surface area (Å²) >= 11 is 1.61. The number of amidine groups is 1. The Morgan fingerprint density at radius 2 is 2.06 bits per heavy atom. The van der Waals surface area contributed by atoms with Crippen molar-refractivity contribution in [1.29, 1.82) is 0 Å². The molecule has 2 aliphatic heterocycles. The predicted octanol–water partition coefficient (Wildman–Crippen LogP) is 2.85. The van der Waals surface area contributed by atoms with E-state index in [0.29, 0.717) is 37.3 Å². The van der Waals surface area contributed by atoms with Crippen LogP contribution < -0.4 is 10.1 Å². The molecule has 1 atom stereocenters. The molecule has 9 heteroatoms. The summed E-state index contributed by atoms with van der Waals surface area (Å²) in [6, 6.07) is 12.6. The Morgan fingerprint density at radius 3 is 2.80 bits per heavy atom. The van der Waals surface area contributed by atoms with E-state index in [-0.39, 0.29) is 18.3 Å². The minimum atomic E-state index is -0.765. The normalized spacial score (nSPS) is 18.6. The minimum Gasteiger partial charge on any atom is -0.508 e. The van der Waals surface area contributed by atoms with Crippen LogP contribution in [0.3, 0.4) is 0 Å². The summed E-state index contributed by atoms with van der Waals surface area (Å²) in [6.45, 7) is 3.56. The van der Waals surface area contributed by atoms with Crippen molar-refractivity contribution in [3.63, 3.8) is 0 Å². The molecule has 8 nitrogen and oxygen atoms in total. The number of hydrogen-bond donors (Lipinski definition) is 4. The van der Waals surface area contributed by atoms with E-state index in [2.05, 4.69) is 9.62 Å². The highest BCUT2D eigenvalue weighted by Crippen LogP contribution is 2.34. The zero-order valence-corrected chi connectivity index (χ0v) is 20.5. The second-order valence-corrected chi connectivity index (χ2v) is 9.82. The van der Waals surface area contributed by atoms with Crippen molar-refractivity contribution in [2.45, 2.75) is 37.8 Å². The highest BCUT2D eigenvalue weighted by atomic mass is 32.2. The van der Waals surface area contributed by atoms with Crippen LogP contribution in [0.15, 0.2) is 52.9 Å². The Bertz CT molecular complexity index is 1110. The summed E-state index contributed by atoms with van der Waals surface area (Å²) in [5.74, 6) is 1.31. The number of nitrogens with zero attached hydrogens (tertiary/aromatic N) is 2. The molecule has 2 aromatic rings. The Kier molecular flexibility index (Phi) is 8.12. The zero-order chi connectivity index (χ0) is 24.8. The molecule has 186 valence electrons. The molecule has 4 rings (SSSR count). The number of nitrogens with one attached hydrogen (secondary N) is 1. The van der Waals surface area contributed by atoms with Crippen molar-refractivity contribution < 1.29 is 24.9 Å². The molecule has 2 heterocycles. The summed E-state index contributed by atoms with van der Waals surface area (Å²) in [5, 5.41) is 33.0. The smallest absolute Gasteiger partial charge is 0.253 e. The number of aliphatic hydroxyl groups is 2. The first-order valence-corrected chi connectivity index (χ1v) is 12.5. The Hall–Kier alpha value is -2.85. The first-order valence-electron chi connectivity index (χ1n) is 11.7. The van der Waals surface area contributed by atoms with Gasteiger partial charge in [-0.25, -0.2) is 4.31 Å². The fraction of sp³-hybridized carbons (Fsp3) is 0.385. The number of hydrogen-bond acceptors (Lipinski definition) is 8. The van der Waals surface area contributed by atoms with Crippen molar-refractivity contribution in [3.8, 4) is 11.5 Å². The third kappa shape index (κ3) is 6.24. The molecule has 4 N–H and O–H groups in total. The highest BCUT2D eigenvalue weighted by Gasteiger charge is 2.45. The number of ether oxygens (including phenoxy) is 1. The van der Waals surface area contributed by atoms with Crippen LogP contribution in [0, 0.1) is 6.92 Å². The largest absolute Gasteiger partial charge is 0.508 e. The van der Waals surface area contributed by atoms with Crippen molar-refractivity contribution in [2.24, 2.45) is 4.99 Å². The fourth-order valence-corrected chi connectivity index (χ4v) is 4.86. The van der Waals surface area contributed by atoms with E-state index in [1.807, 2.05) is 42.7 Å². The predicted molar refractivity (Wildman–Crippen MR) is 137 cm³/mol. The molecule has 0 aliphatic carbocycles. The van der Waals surface area contributed by atoms with Crippen molar-refractivity contribution in [1.82, 2.24) is 9.62 Å². The van der Waals surface area contributed by atoms with Crippen LogP contribution in [0.2, 0.25) is 0 Å². The number of piperidine rings is 1. The Morgan fingerprint density at radius 1 is 1.26 bits per heavy atom. The molecule has 1 spiro atoms. The molecule has 1 saturated heterocycles. The molecule has 35 heavy (non-hydrogen) atoms. The molecule has 0 radical (unpaired) electrons. The van der Waals surface area contributed by atoms with E-state index in [0.717, 1.165) is 30.0 Å². The van der Waals surface area contributed by atoms with Crippen LogP contribution in [0.25, 0.3) is 6.08 Å². The number of aromatic hydroxyl groups is 1. The minimum absolute atomic E-state index is 0.0741. The van der Waals surface area contributed by atoms with Gasteiger partial charge in [-0.15, -0.1) is 0 Å². The third-order valence-corrected chi connectivity index (χ3v) is 7.21. The summed E-state index contributed by atoms with van der Waals surface area (Å²) in [6.07, 6.45) is 2.91. The number of rotatable bonds is 9. The summed E-state index contributed by atoms with van der Waals surface area (Å²) in [7, 11) is 0. The van der Waals surface area contributed by atoms with Gasteiger partial charge in [0.05, 0.1) is 19.3 Å². The van der Waals surface area contributed by atoms with E-state index >= 15 is 0 Å². The summed E-state index contributed by atoms with van der Waals surface area (Å²) in [4.78, 5) is 17.5. The lowest BCUT2D eigenvalue weighted by atomic mass is 9.89. The fourth-order valence-electron chi connectivity index (χ4n) is 4.09. The Balaban J connectivity index is 1.31. The van der Waals surface area contributed by atoms with Gasteiger partial charge in [0, 0.05) is 25.1 Å². The maximum absolute atomic E-state index is 12.8. The molecule has 1 fully saturated rings. The van der Waals surface area contributed by atoms with Gasteiger partial charge < -0.3 is 25.4 Å². The van der Waals surface area contributed by atoms with E-state index in [1.165, 1.54) is 0 Å². The van der Waals surface area contributed by atoms with Gasteiger partial charge in [0.1, 0.15) is 22.9 Å². The number of aliphatic hydroxyl groups excluding tert-OH is 2. The molecular formula is C26H31N3O5S. The lowest BCUT2D eigenvalue weighted by Crippen LogP contribution is -2.47. The zero-order valence-electron chi connectivity index (χ0n) is 19.7. The van der Waals surface area contributed by atoms with Gasteiger partial charge in [0.2, 0.25) is 0 Å². The molecule has 0 saturated carbocycles. The standard InChI is InChI=1S/C26H31N3O5S/c1-18-5-6-23(34-13-7-22(32)17-30)16-19(18)8-14-35-29-11-9-26(10-12-29)25(33)27-24(28-26)20-3-2-4-21(31)15-20/h2-6,8,14-16,22,30-32H,7,9-13,17H2,1H3,(H,27,28,33)/b14-8+. The van der Waals surface area contributed by atoms with Crippen molar-refractivity contribution >= 4 is 29.8 Å². The number of carbonyl (C=O) groups is 1. The van der Waals surface area contributed by atoms with Gasteiger partial charge >= 0.3 is 0 Å². The SMILES string of the molecule is Cc1ccc(OCCC(O)CO)cc1/C=C/SN1CCC2(CC1)N=C(c1cccc(O)c1)NC2=O. The molecular weight excluding hydrogens is 466 g/mol. The van der Waals surface area contributed by atoms with Crippen molar-refractivity contribution in [2.75, 3.05) is 26.3 Å². The van der Waals surface area contributed by atoms with Crippen LogP contribution in [0.4, 0.5) is 0 Å². The average Bonchev–Trinajstić information content (AvgIpc) is 3.17. The molecule has 0 bridgehead atoms. The van der Waals surface area contributed by atoms with Crippen LogP contribution in [0.1, 0.15) is 36.0 Å². The van der Waals surface area contributed by atoms with Gasteiger partial charge in [0.25, 0.3) is 5.91 Å². The maximum atomic E-state index is 12.8. The van der Waals surface area contributed by atoms with Crippen LogP contribution in [0.5, 0.6) is 11.5 Å². The molecule has 1 unspecified atom stereocenters. The van der Waals surface area contributed by atoms with Gasteiger partial charge in [-0.2, -0.15) is 0 Å². The molecule has 0 aromatic heterocycles. The number of phenolic OH excluding ortho intramolecular Hbond substituents is 1. The highest BCUT2D eigenvalue weighted by molar-refractivity contribution is 8.00. The quantitative estimate of drug-likeness (QED) is 0.394. The number of aliphatic imine (C=N–C) groups is 1. The van der Waals surface area contributed by atoms with Crippen LogP contribution >= 0.6 is 11.9 Å². The maximum Gasteiger partial charge on any atom is 0.253 e. The molecule has 1 amide bonds. The van der Waals surface area contributed by atoms with Gasteiger partial charge in [-0.1, -0.05) is 30.1 Å². The number of phenols is 1. The summed E-state index contributed by atoms with van der Waals surface area (Å²) < 4.78 is 7.92. The second kappa shape index (κ2) is 11.3. The number of aryl methyl sites for hydroxylation is 1. The topological polar surface area (TPSA) is 115 Å². The van der Waals surface area contributed by atoms with E-state index < -0.39 is 11.6 Å². The third-order valence-electron chi connectivity index (χ3n) is 6.29. The molecule has 2 aliphatic rings. The van der Waals surface area contributed by atoms with Crippen LogP contribution in [-0.4, -0.2) is 69.3 Å². The number of carbonyl (C=O) groups excluding carboxylic acids is 1. The second-order valence-electron chi connectivity index (χ2n) is 8.83. The lowest BCUT2D eigenvalue weighted by Gasteiger charge is -2.34. The lowest BCUT2D eigenvalue weighted by molar-refractivity contribution is -0.124. The van der Waals surface area contributed by atoms with E-state index in [4.69, 9.17) is 14.8 Å². The van der Waals surface area contributed by atoms with E-state index in [9.17, 15) is 15.0 Å². The van der Waals surface area contributed by atoms with Crippen LogP contribution in [-0.2, 0) is 4.79 Å². The average molecular weight is 498 g/mol. The number of benzene rings is 2. The molecule has 2 aromatic carbocycles. The first-order chi connectivity index (χ1) is 16.9. The monoisotopic (exact) mass is 497 g/mol. The Labute approximate surface area is 209 Å². The van der Waals surface area contributed by atoms with Gasteiger partial charge in [-0.05, 0) is 66.6 Å². The van der Waals surface area contributed by atoms with Gasteiger partial charge in [-0.3, -0.25) is 9.79 Å². The first kappa shape index (κ1) is 25.2. The van der Waals surface area contributed by atoms with Gasteiger partial charge in [0.15, 0.2) is 0 Å².